The first-order valence-electron chi connectivity index (χ1n) is 5.80. The minimum Gasteiger partial charge on any atom is -0.306 e. The van der Waals surface area contributed by atoms with Crippen LogP contribution in [0.5, 0.6) is 0 Å². The Hall–Kier alpha value is -1.36. The number of rotatable bonds is 2. The molecule has 1 fully saturated rings. The Morgan fingerprint density at radius 1 is 1.39 bits per heavy atom. The van der Waals surface area contributed by atoms with Crippen molar-refractivity contribution >= 4 is 23.1 Å². The summed E-state index contributed by atoms with van der Waals surface area (Å²) in [4.78, 5) is 13.9. The van der Waals surface area contributed by atoms with E-state index in [0.717, 1.165) is 6.07 Å². The van der Waals surface area contributed by atoms with Crippen molar-refractivity contribution in [1.29, 1.82) is 0 Å². The average molecular weight is 269 g/mol. The third-order valence-corrected chi connectivity index (χ3v) is 3.59. The average Bonchev–Trinajstić information content (AvgIpc) is 2.69. The first-order chi connectivity index (χ1) is 8.51. The maximum absolute atomic E-state index is 13.1. The number of thiocarbonyl (C=S) groups is 1. The number of benzene rings is 1. The van der Waals surface area contributed by atoms with E-state index in [9.17, 15) is 13.6 Å². The van der Waals surface area contributed by atoms with Gasteiger partial charge in [0.25, 0.3) is 0 Å². The number of hydrogen-bond donors (Lipinski definition) is 0. The van der Waals surface area contributed by atoms with E-state index in [-0.39, 0.29) is 18.2 Å². The van der Waals surface area contributed by atoms with Crippen LogP contribution in [0.3, 0.4) is 0 Å². The van der Waals surface area contributed by atoms with E-state index >= 15 is 0 Å². The van der Waals surface area contributed by atoms with Gasteiger partial charge in [0.2, 0.25) is 5.91 Å². The summed E-state index contributed by atoms with van der Waals surface area (Å²) in [6.45, 7) is 2.29. The van der Waals surface area contributed by atoms with Crippen LogP contribution in [0.15, 0.2) is 18.2 Å². The van der Waals surface area contributed by atoms with Crippen LogP contribution in [0.1, 0.15) is 31.2 Å². The summed E-state index contributed by atoms with van der Waals surface area (Å²) in [5, 5.41) is 0. The Morgan fingerprint density at radius 3 is 2.56 bits per heavy atom. The summed E-state index contributed by atoms with van der Waals surface area (Å²) in [6.07, 6.45) is 0.869. The molecule has 0 bridgehead atoms. The predicted octanol–water partition coefficient (Wildman–Crippen LogP) is 3.02. The van der Waals surface area contributed by atoms with Crippen LogP contribution < -0.4 is 0 Å². The third kappa shape index (κ3) is 2.56. The maximum atomic E-state index is 13.1. The van der Waals surface area contributed by atoms with E-state index in [4.69, 9.17) is 12.2 Å². The molecule has 5 heteroatoms. The number of hydrogen-bond acceptors (Lipinski definition) is 2. The molecule has 1 amide bonds. The van der Waals surface area contributed by atoms with Gasteiger partial charge >= 0.3 is 0 Å². The number of nitrogens with zero attached hydrogens (tertiary/aromatic N) is 1. The molecular formula is C13H13F2NOS. The van der Waals surface area contributed by atoms with Gasteiger partial charge in [-0.2, -0.15) is 0 Å². The van der Waals surface area contributed by atoms with Gasteiger partial charge < -0.3 is 4.90 Å². The summed E-state index contributed by atoms with van der Waals surface area (Å²) >= 11 is 5.10. The van der Waals surface area contributed by atoms with Gasteiger partial charge in [-0.15, -0.1) is 0 Å². The van der Waals surface area contributed by atoms with Gasteiger partial charge in [-0.3, -0.25) is 4.79 Å². The van der Waals surface area contributed by atoms with Gasteiger partial charge in [-0.25, -0.2) is 8.78 Å². The van der Waals surface area contributed by atoms with Crippen LogP contribution in [-0.4, -0.2) is 22.3 Å². The van der Waals surface area contributed by atoms with Gasteiger partial charge in [0.1, 0.15) is 11.6 Å². The zero-order valence-corrected chi connectivity index (χ0v) is 10.8. The van der Waals surface area contributed by atoms with Crippen molar-refractivity contribution in [3.05, 3.63) is 35.4 Å². The summed E-state index contributed by atoms with van der Waals surface area (Å²) in [5.74, 6) is -1.49. The first kappa shape index (κ1) is 13.1. The molecule has 1 aromatic rings. The van der Waals surface area contributed by atoms with Crippen LogP contribution in [0.4, 0.5) is 8.78 Å². The van der Waals surface area contributed by atoms with E-state index in [1.54, 1.807) is 0 Å². The Balaban J connectivity index is 2.21. The summed E-state index contributed by atoms with van der Waals surface area (Å²) in [7, 11) is 0. The molecular weight excluding hydrogens is 256 g/mol. The second-order valence-electron chi connectivity index (χ2n) is 4.36. The highest BCUT2D eigenvalue weighted by Gasteiger charge is 2.32. The maximum Gasteiger partial charge on any atom is 0.228 e. The lowest BCUT2D eigenvalue weighted by Gasteiger charge is -2.16. The molecule has 0 radical (unpaired) electrons. The van der Waals surface area contributed by atoms with E-state index < -0.39 is 11.6 Å². The fourth-order valence-corrected chi connectivity index (χ4v) is 2.35. The smallest absolute Gasteiger partial charge is 0.228 e. The molecule has 1 atom stereocenters. The van der Waals surface area contributed by atoms with Gasteiger partial charge in [0.05, 0.1) is 4.99 Å². The number of halogens is 2. The predicted molar refractivity (Wildman–Crippen MR) is 68.3 cm³/mol. The fourth-order valence-electron chi connectivity index (χ4n) is 2.17. The molecule has 1 aromatic carbocycles. The molecule has 2 nitrogen and oxygen atoms in total. The van der Waals surface area contributed by atoms with Crippen molar-refractivity contribution in [2.45, 2.75) is 25.7 Å². The number of amides is 1. The zero-order valence-electron chi connectivity index (χ0n) is 9.95. The highest BCUT2D eigenvalue weighted by Crippen LogP contribution is 2.29. The molecule has 0 aromatic heterocycles. The Morgan fingerprint density at radius 2 is 2.00 bits per heavy atom. The molecule has 1 heterocycles. The van der Waals surface area contributed by atoms with Crippen LogP contribution in [0, 0.1) is 11.6 Å². The molecule has 18 heavy (non-hydrogen) atoms. The molecule has 0 spiro atoms. The van der Waals surface area contributed by atoms with Crippen molar-refractivity contribution < 1.29 is 13.6 Å². The van der Waals surface area contributed by atoms with Crippen LogP contribution in [0.25, 0.3) is 0 Å². The number of likely N-dealkylation sites (tertiary alicyclic amines) is 1. The molecule has 0 N–H and O–H groups in total. The zero-order chi connectivity index (χ0) is 13.3. The van der Waals surface area contributed by atoms with E-state index in [2.05, 4.69) is 0 Å². The quantitative estimate of drug-likeness (QED) is 0.769. The van der Waals surface area contributed by atoms with Gasteiger partial charge in [0.15, 0.2) is 0 Å². The van der Waals surface area contributed by atoms with E-state index in [0.29, 0.717) is 23.5 Å². The van der Waals surface area contributed by atoms with Crippen LogP contribution in [0.2, 0.25) is 0 Å². The van der Waals surface area contributed by atoms with Crippen LogP contribution in [-0.2, 0) is 4.79 Å². The second-order valence-corrected chi connectivity index (χ2v) is 4.83. The summed E-state index contributed by atoms with van der Waals surface area (Å²) < 4.78 is 26.3. The molecule has 0 aliphatic carbocycles. The van der Waals surface area contributed by atoms with Crippen LogP contribution >= 0.6 is 12.2 Å². The molecule has 1 aliphatic rings. The van der Waals surface area contributed by atoms with Gasteiger partial charge in [0, 0.05) is 24.9 Å². The highest BCUT2D eigenvalue weighted by molar-refractivity contribution is 7.80. The molecule has 0 saturated carbocycles. The van der Waals surface area contributed by atoms with Gasteiger partial charge in [-0.05, 0) is 24.1 Å². The third-order valence-electron chi connectivity index (χ3n) is 3.08. The van der Waals surface area contributed by atoms with Crippen molar-refractivity contribution in [2.75, 3.05) is 6.54 Å². The molecule has 2 rings (SSSR count). The monoisotopic (exact) mass is 269 g/mol. The highest BCUT2D eigenvalue weighted by atomic mass is 32.1. The topological polar surface area (TPSA) is 20.3 Å². The number of carbonyl (C=O) groups excluding carboxylic acids is 1. The lowest BCUT2D eigenvalue weighted by atomic mass is 9.98. The molecule has 1 aliphatic heterocycles. The molecule has 96 valence electrons. The first-order valence-corrected chi connectivity index (χ1v) is 6.21. The van der Waals surface area contributed by atoms with Crippen molar-refractivity contribution in [2.24, 2.45) is 0 Å². The van der Waals surface area contributed by atoms with Crippen molar-refractivity contribution in [1.82, 2.24) is 4.90 Å². The summed E-state index contributed by atoms with van der Waals surface area (Å²) in [5.41, 5.74) is 0.516. The minimum atomic E-state index is -0.617. The molecule has 1 unspecified atom stereocenters. The Kier molecular flexibility index (Phi) is 3.71. The largest absolute Gasteiger partial charge is 0.306 e. The van der Waals surface area contributed by atoms with E-state index in [1.165, 1.54) is 17.0 Å². The van der Waals surface area contributed by atoms with E-state index in [1.807, 2.05) is 6.92 Å². The van der Waals surface area contributed by atoms with Gasteiger partial charge in [-0.1, -0.05) is 19.1 Å². The fraction of sp³-hybridized carbons (Fsp3) is 0.385. The normalized spacial score (nSPS) is 19.4. The Bertz CT molecular complexity index is 484. The standard InChI is InChI=1S/C13H13F2NOS/c1-2-13(18)16-7-9(5-12(16)17)8-3-10(14)6-11(15)4-8/h3-4,6,9H,2,5,7H2,1H3. The Labute approximate surface area is 110 Å². The molecule has 1 saturated heterocycles. The van der Waals surface area contributed by atoms with Crippen molar-refractivity contribution in [3.63, 3.8) is 0 Å². The van der Waals surface area contributed by atoms with Crippen molar-refractivity contribution in [3.8, 4) is 0 Å². The lowest BCUT2D eigenvalue weighted by molar-refractivity contribution is -0.124. The summed E-state index contributed by atoms with van der Waals surface area (Å²) in [6, 6.07) is 3.38. The minimum absolute atomic E-state index is 0.0727. The SMILES string of the molecule is CCC(=S)N1CC(c2cc(F)cc(F)c2)CC1=O. The lowest BCUT2D eigenvalue weighted by Crippen LogP contribution is -2.30. The second kappa shape index (κ2) is 5.10. The number of carbonyl (C=O) groups is 1.